The number of carbonyl (C=O) groups excluding carboxylic acids is 3. The van der Waals surface area contributed by atoms with Gasteiger partial charge in [0.05, 0.1) is 0 Å². The van der Waals surface area contributed by atoms with E-state index < -0.39 is 6.10 Å². The number of unbranched alkanes of at least 4 members (excludes halogenated alkanes) is 44. The zero-order valence-corrected chi connectivity index (χ0v) is 46.2. The van der Waals surface area contributed by atoms with E-state index in [1.165, 1.54) is 244 Å². The van der Waals surface area contributed by atoms with Crippen molar-refractivity contribution in [2.24, 2.45) is 0 Å². The van der Waals surface area contributed by atoms with E-state index in [1.807, 2.05) is 0 Å². The zero-order chi connectivity index (χ0) is 49.3. The molecule has 0 aliphatic carbocycles. The Morgan fingerprint density at radius 1 is 0.279 bits per heavy atom. The third-order valence-corrected chi connectivity index (χ3v) is 14.0. The van der Waals surface area contributed by atoms with Gasteiger partial charge in [0, 0.05) is 19.3 Å². The summed E-state index contributed by atoms with van der Waals surface area (Å²) < 4.78 is 16.7. The maximum atomic E-state index is 12.8. The molecule has 402 valence electrons. The average molecular weight is 960 g/mol. The summed E-state index contributed by atoms with van der Waals surface area (Å²) in [6.07, 6.45) is 67.0. The van der Waals surface area contributed by atoms with Gasteiger partial charge in [-0.1, -0.05) is 296 Å². The molecular weight excluding hydrogens is 841 g/mol. The molecule has 0 aliphatic rings. The molecule has 0 saturated carbocycles. The van der Waals surface area contributed by atoms with Crippen LogP contribution in [0, 0.1) is 0 Å². The van der Waals surface area contributed by atoms with Gasteiger partial charge in [-0.25, -0.2) is 0 Å². The molecule has 0 saturated heterocycles. The van der Waals surface area contributed by atoms with E-state index in [2.05, 4.69) is 32.9 Å². The molecule has 0 heterocycles. The van der Waals surface area contributed by atoms with Crippen LogP contribution >= 0.6 is 0 Å². The molecule has 6 nitrogen and oxygen atoms in total. The maximum absolute atomic E-state index is 12.8. The van der Waals surface area contributed by atoms with Crippen molar-refractivity contribution >= 4 is 17.9 Å². The highest BCUT2D eigenvalue weighted by atomic mass is 16.6. The second-order valence-corrected chi connectivity index (χ2v) is 21.0. The summed E-state index contributed by atoms with van der Waals surface area (Å²) >= 11 is 0. The first kappa shape index (κ1) is 66.2. The van der Waals surface area contributed by atoms with E-state index in [9.17, 15) is 14.4 Å². The Morgan fingerprint density at radius 2 is 0.485 bits per heavy atom. The molecule has 0 aromatic rings. The summed E-state index contributed by atoms with van der Waals surface area (Å²) in [4.78, 5) is 37.8. The van der Waals surface area contributed by atoms with Crippen molar-refractivity contribution in [3.05, 3.63) is 12.2 Å². The summed E-state index contributed by atoms with van der Waals surface area (Å²) in [5.41, 5.74) is 0. The molecule has 0 amide bonds. The van der Waals surface area contributed by atoms with Gasteiger partial charge in [-0.2, -0.15) is 0 Å². The minimum Gasteiger partial charge on any atom is -0.462 e. The zero-order valence-electron chi connectivity index (χ0n) is 46.2. The lowest BCUT2D eigenvalue weighted by Crippen LogP contribution is -2.30. The molecule has 0 N–H and O–H groups in total. The van der Waals surface area contributed by atoms with Gasteiger partial charge in [0.25, 0.3) is 0 Å². The molecule has 0 aromatic carbocycles. The fourth-order valence-corrected chi connectivity index (χ4v) is 9.38. The summed E-state index contributed by atoms with van der Waals surface area (Å²) in [7, 11) is 0. The minimum absolute atomic E-state index is 0.0644. The summed E-state index contributed by atoms with van der Waals surface area (Å²) in [6.45, 7) is 6.61. The fourth-order valence-electron chi connectivity index (χ4n) is 9.38. The molecule has 0 radical (unpaired) electrons. The van der Waals surface area contributed by atoms with Crippen LogP contribution in [-0.2, 0) is 28.6 Å². The fraction of sp³-hybridized carbons (Fsp3) is 0.919. The molecule has 0 aliphatic heterocycles. The molecule has 0 bridgehead atoms. The van der Waals surface area contributed by atoms with Crippen molar-refractivity contribution in [3.63, 3.8) is 0 Å². The average Bonchev–Trinajstić information content (AvgIpc) is 3.34. The Kier molecular flexibility index (Phi) is 56.2. The van der Waals surface area contributed by atoms with E-state index in [0.29, 0.717) is 19.3 Å². The van der Waals surface area contributed by atoms with Crippen LogP contribution in [-0.4, -0.2) is 37.2 Å². The highest BCUT2D eigenvalue weighted by molar-refractivity contribution is 5.71. The van der Waals surface area contributed by atoms with Crippen molar-refractivity contribution in [3.8, 4) is 0 Å². The normalized spacial score (nSPS) is 12.0. The Bertz CT molecular complexity index is 1060. The quantitative estimate of drug-likeness (QED) is 0.0262. The van der Waals surface area contributed by atoms with Crippen LogP contribution in [0.4, 0.5) is 0 Å². The van der Waals surface area contributed by atoms with Crippen molar-refractivity contribution in [1.29, 1.82) is 0 Å². The number of hydrogen-bond acceptors (Lipinski definition) is 6. The predicted molar refractivity (Wildman–Crippen MR) is 293 cm³/mol. The largest absolute Gasteiger partial charge is 0.462 e. The highest BCUT2D eigenvalue weighted by Gasteiger charge is 2.19. The Balaban J connectivity index is 3.93. The molecule has 1 unspecified atom stereocenters. The second-order valence-electron chi connectivity index (χ2n) is 21.0. The Morgan fingerprint density at radius 3 is 0.735 bits per heavy atom. The molecule has 1 atom stereocenters. The van der Waals surface area contributed by atoms with Gasteiger partial charge in [0.2, 0.25) is 0 Å². The van der Waals surface area contributed by atoms with Crippen LogP contribution in [0.25, 0.3) is 0 Å². The standard InChI is InChI=1S/C62H118O6/c1-4-7-10-13-15-17-19-21-23-25-26-27-28-29-30-31-32-33-34-35-36-37-39-40-42-44-46-49-52-55-61(64)67-58-59(57-66-60(63)54-51-48-12-9-6-3)68-62(65)56-53-50-47-45-43-41-38-24-22-20-18-16-14-11-8-5-2/h25-26,59H,4-24,27-58H2,1-3H3/b26-25-. The molecule has 0 rings (SSSR count). The minimum atomic E-state index is -0.761. The topological polar surface area (TPSA) is 78.9 Å². The lowest BCUT2D eigenvalue weighted by atomic mass is 10.0. The van der Waals surface area contributed by atoms with Crippen LogP contribution in [0.1, 0.15) is 348 Å². The third kappa shape index (κ3) is 55.1. The second kappa shape index (κ2) is 57.7. The molecule has 6 heteroatoms. The van der Waals surface area contributed by atoms with Crippen LogP contribution < -0.4 is 0 Å². The predicted octanol–water partition coefficient (Wildman–Crippen LogP) is 20.5. The van der Waals surface area contributed by atoms with Gasteiger partial charge in [-0.15, -0.1) is 0 Å². The van der Waals surface area contributed by atoms with Gasteiger partial charge >= 0.3 is 17.9 Å². The van der Waals surface area contributed by atoms with Crippen molar-refractivity contribution < 1.29 is 28.6 Å². The summed E-state index contributed by atoms with van der Waals surface area (Å²) in [5, 5.41) is 0. The van der Waals surface area contributed by atoms with Crippen LogP contribution in [0.2, 0.25) is 0 Å². The number of carbonyl (C=O) groups is 3. The first-order chi connectivity index (χ1) is 33.5. The first-order valence-corrected chi connectivity index (χ1v) is 30.7. The maximum Gasteiger partial charge on any atom is 0.306 e. The number of allylic oxidation sites excluding steroid dienone is 2. The lowest BCUT2D eigenvalue weighted by molar-refractivity contribution is -0.167. The van der Waals surface area contributed by atoms with E-state index in [1.54, 1.807) is 0 Å². The van der Waals surface area contributed by atoms with Crippen LogP contribution in [0.15, 0.2) is 12.2 Å². The molecule has 0 aromatic heterocycles. The molecule has 0 spiro atoms. The number of rotatable bonds is 57. The van der Waals surface area contributed by atoms with Crippen molar-refractivity contribution in [2.45, 2.75) is 354 Å². The van der Waals surface area contributed by atoms with Gasteiger partial charge in [0.15, 0.2) is 6.10 Å². The van der Waals surface area contributed by atoms with Gasteiger partial charge in [-0.05, 0) is 44.9 Å². The Labute approximate surface area is 424 Å². The lowest BCUT2D eigenvalue weighted by Gasteiger charge is -2.18. The van der Waals surface area contributed by atoms with E-state index in [4.69, 9.17) is 14.2 Å². The molecule has 0 fully saturated rings. The van der Waals surface area contributed by atoms with Crippen LogP contribution in [0.5, 0.6) is 0 Å². The Hall–Kier alpha value is -1.85. The van der Waals surface area contributed by atoms with Crippen LogP contribution in [0.3, 0.4) is 0 Å². The first-order valence-electron chi connectivity index (χ1n) is 30.7. The SMILES string of the molecule is CCCCCCCCCC/C=C\CCCCCCCCCCCCCCCCCCCC(=O)OCC(COC(=O)CCCCCCC)OC(=O)CCCCCCCCCCCCCCCCCC. The molecule has 68 heavy (non-hydrogen) atoms. The van der Waals surface area contributed by atoms with E-state index >= 15 is 0 Å². The van der Waals surface area contributed by atoms with Gasteiger partial charge < -0.3 is 14.2 Å². The van der Waals surface area contributed by atoms with Crippen molar-refractivity contribution in [2.75, 3.05) is 13.2 Å². The van der Waals surface area contributed by atoms with Gasteiger partial charge in [-0.3, -0.25) is 14.4 Å². The summed E-state index contributed by atoms with van der Waals surface area (Å²) in [5.74, 6) is -0.855. The monoisotopic (exact) mass is 959 g/mol. The number of hydrogen-bond donors (Lipinski definition) is 0. The van der Waals surface area contributed by atoms with E-state index in [-0.39, 0.29) is 31.1 Å². The van der Waals surface area contributed by atoms with Gasteiger partial charge in [0.1, 0.15) is 13.2 Å². The third-order valence-electron chi connectivity index (χ3n) is 14.0. The number of esters is 3. The smallest absolute Gasteiger partial charge is 0.306 e. The summed E-state index contributed by atoms with van der Waals surface area (Å²) in [6, 6.07) is 0. The number of ether oxygens (including phenoxy) is 3. The molecular formula is C62H118O6. The van der Waals surface area contributed by atoms with Crippen molar-refractivity contribution in [1.82, 2.24) is 0 Å². The van der Waals surface area contributed by atoms with E-state index in [0.717, 1.165) is 64.2 Å². The highest BCUT2D eigenvalue weighted by Crippen LogP contribution is 2.18.